The van der Waals surface area contributed by atoms with E-state index < -0.39 is 0 Å². The van der Waals surface area contributed by atoms with Crippen molar-refractivity contribution in [1.29, 1.82) is 5.26 Å². The highest BCUT2D eigenvalue weighted by Gasteiger charge is 2.34. The van der Waals surface area contributed by atoms with Crippen molar-refractivity contribution in [3.8, 4) is 11.8 Å². The van der Waals surface area contributed by atoms with E-state index in [4.69, 9.17) is 21.7 Å². The third-order valence-electron chi connectivity index (χ3n) is 6.66. The number of nitrogens with zero attached hydrogens (tertiary/aromatic N) is 4. The van der Waals surface area contributed by atoms with Gasteiger partial charge in [0.25, 0.3) is 11.5 Å². The Morgan fingerprint density at radius 2 is 1.87 bits per heavy atom. The first kappa shape index (κ1) is 27.9. The van der Waals surface area contributed by atoms with E-state index in [1.807, 2.05) is 45.0 Å². The fourth-order valence-corrected chi connectivity index (χ4v) is 6.18. The molecule has 3 heterocycles. The monoisotopic (exact) mass is 552 g/mol. The van der Waals surface area contributed by atoms with E-state index in [0.717, 1.165) is 23.6 Å². The number of nitriles is 1. The number of thioether (sulfide) groups is 1. The van der Waals surface area contributed by atoms with Gasteiger partial charge in [0.2, 0.25) is 0 Å². The van der Waals surface area contributed by atoms with Gasteiger partial charge < -0.3 is 14.4 Å². The van der Waals surface area contributed by atoms with Crippen molar-refractivity contribution in [2.75, 3.05) is 25.1 Å². The summed E-state index contributed by atoms with van der Waals surface area (Å²) in [4.78, 5) is 31.1. The van der Waals surface area contributed by atoms with Crippen molar-refractivity contribution < 1.29 is 14.3 Å². The number of carbonyl (C=O) groups excluding carboxylic acids is 1. The van der Waals surface area contributed by atoms with E-state index >= 15 is 0 Å². The Balaban J connectivity index is 1.80. The molecule has 2 aliphatic heterocycles. The molecule has 200 valence electrons. The Hall–Kier alpha value is -3.13. The predicted octanol–water partition coefficient (Wildman–Crippen LogP) is 4.46. The van der Waals surface area contributed by atoms with Crippen LogP contribution in [0.1, 0.15) is 49.4 Å². The van der Waals surface area contributed by atoms with E-state index in [2.05, 4.69) is 11.0 Å². The van der Waals surface area contributed by atoms with Crippen molar-refractivity contribution in [2.45, 2.75) is 59.4 Å². The van der Waals surface area contributed by atoms with Crippen molar-refractivity contribution in [3.63, 3.8) is 0 Å². The highest BCUT2D eigenvalue weighted by molar-refractivity contribution is 8.26. The van der Waals surface area contributed by atoms with Gasteiger partial charge in [0.1, 0.15) is 27.5 Å². The molecule has 2 aliphatic rings. The number of rotatable bonds is 7. The second kappa shape index (κ2) is 11.7. The standard InChI is InChI=1S/C28H32N4O4S2/c1-6-11-31-25(30-14-17(2)36-18(3)15-30)22(19(4)23(13-29)26(31)33)12-24-27(34)32(28(37)38-24)16-20-7-9-21(35-5)10-8-20/h7-10,12,17-18H,6,11,14-16H2,1-5H3/b24-12+. The molecule has 0 N–H and O–H groups in total. The number of methoxy groups -OCH3 is 1. The van der Waals surface area contributed by atoms with E-state index in [-0.39, 0.29) is 29.2 Å². The highest BCUT2D eigenvalue weighted by Crippen LogP contribution is 2.37. The fourth-order valence-electron chi connectivity index (χ4n) is 4.95. The second-order valence-electron chi connectivity index (χ2n) is 9.58. The minimum atomic E-state index is -0.308. The molecule has 2 aromatic rings. The van der Waals surface area contributed by atoms with Crippen molar-refractivity contribution >= 4 is 46.1 Å². The largest absolute Gasteiger partial charge is 0.497 e. The molecule has 0 aliphatic carbocycles. The summed E-state index contributed by atoms with van der Waals surface area (Å²) in [6.45, 7) is 9.78. The zero-order valence-electron chi connectivity index (χ0n) is 22.3. The number of amides is 1. The van der Waals surface area contributed by atoms with Crippen molar-refractivity contribution in [3.05, 3.63) is 61.8 Å². The molecular formula is C28H32N4O4S2. The predicted molar refractivity (Wildman–Crippen MR) is 154 cm³/mol. The molecule has 2 unspecified atom stereocenters. The van der Waals surface area contributed by atoms with Crippen LogP contribution in [0.4, 0.5) is 5.82 Å². The Bertz CT molecular complexity index is 1370. The molecule has 38 heavy (non-hydrogen) atoms. The number of pyridine rings is 1. The molecule has 0 spiro atoms. The maximum atomic E-state index is 13.5. The molecule has 1 amide bonds. The van der Waals surface area contributed by atoms with Crippen molar-refractivity contribution in [2.24, 2.45) is 0 Å². The lowest BCUT2D eigenvalue weighted by molar-refractivity contribution is -0.122. The molecule has 1 aromatic heterocycles. The summed E-state index contributed by atoms with van der Waals surface area (Å²) in [6, 6.07) is 9.62. The van der Waals surface area contributed by atoms with Crippen LogP contribution in [0.5, 0.6) is 5.75 Å². The van der Waals surface area contributed by atoms with Gasteiger partial charge >= 0.3 is 0 Å². The average Bonchev–Trinajstić information content (AvgIpc) is 3.14. The summed E-state index contributed by atoms with van der Waals surface area (Å²) in [5, 5.41) is 9.87. The summed E-state index contributed by atoms with van der Waals surface area (Å²) < 4.78 is 13.3. The third kappa shape index (κ3) is 5.51. The summed E-state index contributed by atoms with van der Waals surface area (Å²) in [5.74, 6) is 1.26. The molecule has 1 aromatic carbocycles. The number of hydrogen-bond acceptors (Lipinski definition) is 8. The van der Waals surface area contributed by atoms with Gasteiger partial charge in [-0.25, -0.2) is 0 Å². The normalized spacial score (nSPS) is 20.8. The second-order valence-corrected chi connectivity index (χ2v) is 11.3. The summed E-state index contributed by atoms with van der Waals surface area (Å²) in [5.41, 5.74) is 1.97. The molecular weight excluding hydrogens is 520 g/mol. The molecule has 0 bridgehead atoms. The molecule has 4 rings (SSSR count). The van der Waals surface area contributed by atoms with Gasteiger partial charge in [0.15, 0.2) is 0 Å². The Morgan fingerprint density at radius 1 is 1.21 bits per heavy atom. The number of carbonyl (C=O) groups is 1. The van der Waals surface area contributed by atoms with Crippen LogP contribution in [0.15, 0.2) is 34.0 Å². The molecule has 0 radical (unpaired) electrons. The zero-order valence-corrected chi connectivity index (χ0v) is 23.9. The third-order valence-corrected chi connectivity index (χ3v) is 8.04. The fraction of sp³-hybridized carbons (Fsp3) is 0.429. The van der Waals surface area contributed by atoms with Crippen LogP contribution in [0.25, 0.3) is 6.08 Å². The number of anilines is 1. The molecule has 0 saturated carbocycles. The average molecular weight is 553 g/mol. The number of thiocarbonyl (C=S) groups is 1. The van der Waals surface area contributed by atoms with Crippen molar-refractivity contribution in [1.82, 2.24) is 9.47 Å². The smallest absolute Gasteiger partial charge is 0.270 e. The van der Waals surface area contributed by atoms with Crippen LogP contribution in [0.2, 0.25) is 0 Å². The van der Waals surface area contributed by atoms with Crippen LogP contribution >= 0.6 is 24.0 Å². The van der Waals surface area contributed by atoms with Crippen LogP contribution < -0.4 is 15.2 Å². The SMILES string of the molecule is CCCn1c(N2CC(C)OC(C)C2)c(/C=C2/SC(=S)N(Cc3ccc(OC)cc3)C2=O)c(C)c(C#N)c1=O. The Morgan fingerprint density at radius 3 is 2.45 bits per heavy atom. The first-order valence-electron chi connectivity index (χ1n) is 12.6. The van der Waals surface area contributed by atoms with Crippen LogP contribution in [0, 0.1) is 18.3 Å². The maximum Gasteiger partial charge on any atom is 0.270 e. The quantitative estimate of drug-likeness (QED) is 0.368. The van der Waals surface area contributed by atoms with E-state index in [9.17, 15) is 14.9 Å². The first-order chi connectivity index (χ1) is 18.2. The van der Waals surface area contributed by atoms with Crippen LogP contribution in [-0.4, -0.2) is 52.1 Å². The van der Waals surface area contributed by atoms with Gasteiger partial charge in [-0.1, -0.05) is 43.0 Å². The molecule has 10 heteroatoms. The topological polar surface area (TPSA) is 87.8 Å². The highest BCUT2D eigenvalue weighted by atomic mass is 32.2. The lowest BCUT2D eigenvalue weighted by atomic mass is 10.0. The lowest BCUT2D eigenvalue weighted by Crippen LogP contribution is -2.48. The molecule has 2 fully saturated rings. The minimum Gasteiger partial charge on any atom is -0.497 e. The number of benzene rings is 1. The molecule has 2 atom stereocenters. The number of ether oxygens (including phenoxy) is 2. The van der Waals surface area contributed by atoms with Gasteiger partial charge in [0, 0.05) is 25.2 Å². The molecule has 8 nitrogen and oxygen atoms in total. The summed E-state index contributed by atoms with van der Waals surface area (Å²) >= 11 is 6.82. The maximum absolute atomic E-state index is 13.5. The minimum absolute atomic E-state index is 0.0320. The van der Waals surface area contributed by atoms with E-state index in [1.165, 1.54) is 11.8 Å². The van der Waals surface area contributed by atoms with Gasteiger partial charge in [-0.3, -0.25) is 19.1 Å². The summed E-state index contributed by atoms with van der Waals surface area (Å²) in [6.07, 6.45) is 2.46. The summed E-state index contributed by atoms with van der Waals surface area (Å²) in [7, 11) is 1.61. The molecule has 2 saturated heterocycles. The lowest BCUT2D eigenvalue weighted by Gasteiger charge is -2.39. The Labute approximate surface area is 232 Å². The van der Waals surface area contributed by atoms with E-state index in [1.54, 1.807) is 29.6 Å². The van der Waals surface area contributed by atoms with E-state index in [0.29, 0.717) is 46.5 Å². The number of aromatic nitrogens is 1. The Kier molecular flexibility index (Phi) is 8.61. The van der Waals surface area contributed by atoms with Gasteiger partial charge in [-0.2, -0.15) is 5.26 Å². The zero-order chi connectivity index (χ0) is 27.6. The first-order valence-corrected chi connectivity index (χ1v) is 13.9. The van der Waals surface area contributed by atoms with Gasteiger partial charge in [-0.15, -0.1) is 0 Å². The number of hydrogen-bond donors (Lipinski definition) is 0. The van der Waals surface area contributed by atoms with Crippen LogP contribution in [-0.2, 0) is 22.6 Å². The number of morpholine rings is 1. The van der Waals surface area contributed by atoms with Gasteiger partial charge in [0.05, 0.1) is 30.8 Å². The van der Waals surface area contributed by atoms with Crippen LogP contribution in [0.3, 0.4) is 0 Å². The van der Waals surface area contributed by atoms with Gasteiger partial charge in [-0.05, 0) is 56.5 Å².